The van der Waals surface area contributed by atoms with E-state index < -0.39 is 6.10 Å². The second kappa shape index (κ2) is 8.53. The topological polar surface area (TPSA) is 41.9 Å². The van der Waals surface area contributed by atoms with Gasteiger partial charge in [-0.1, -0.05) is 15.9 Å². The van der Waals surface area contributed by atoms with Gasteiger partial charge in [-0.2, -0.15) is 0 Å². The number of aliphatic hydroxyl groups is 1. The molecule has 0 bridgehead atoms. The Balaban J connectivity index is 2.98. The zero-order valence-corrected chi connectivity index (χ0v) is 13.3. The number of benzene rings is 1. The highest BCUT2D eigenvalue weighted by Crippen LogP contribution is 2.29. The van der Waals surface area contributed by atoms with Crippen LogP contribution in [0.25, 0.3) is 0 Å². The number of rotatable bonds is 8. The Morgan fingerprint density at radius 2 is 1.79 bits per heavy atom. The van der Waals surface area contributed by atoms with Crippen LogP contribution in [-0.4, -0.2) is 45.6 Å². The second-order valence-electron chi connectivity index (χ2n) is 4.35. The fraction of sp³-hybridized carbons (Fsp3) is 0.571. The normalized spacial score (nSPS) is 12.5. The van der Waals surface area contributed by atoms with Crippen molar-refractivity contribution in [3.05, 3.63) is 28.2 Å². The molecule has 0 fully saturated rings. The molecule has 0 saturated carbocycles. The molecule has 1 rings (SSSR count). The minimum absolute atomic E-state index is 0.514. The highest BCUT2D eigenvalue weighted by atomic mass is 79.9. The van der Waals surface area contributed by atoms with Crippen LogP contribution in [0.15, 0.2) is 22.7 Å². The van der Waals surface area contributed by atoms with Gasteiger partial charge >= 0.3 is 0 Å². The lowest BCUT2D eigenvalue weighted by molar-refractivity contribution is 0.187. The van der Waals surface area contributed by atoms with Crippen molar-refractivity contribution in [2.45, 2.75) is 13.0 Å². The largest absolute Gasteiger partial charge is 0.389 e. The molecule has 0 aliphatic heterocycles. The van der Waals surface area contributed by atoms with E-state index in [4.69, 9.17) is 9.47 Å². The van der Waals surface area contributed by atoms with Gasteiger partial charge in [0.1, 0.15) is 0 Å². The standard InChI is InChI=1S/C14H22BrNO3/c1-11(17)13-10-12(15)4-5-14(13)16(6-8-18-2)7-9-19-3/h4-5,10-11,17H,6-9H2,1-3H3. The molecule has 108 valence electrons. The number of nitrogens with zero attached hydrogens (tertiary/aromatic N) is 1. The third-order valence-electron chi connectivity index (χ3n) is 2.91. The lowest BCUT2D eigenvalue weighted by Gasteiger charge is -2.27. The minimum atomic E-state index is -0.514. The van der Waals surface area contributed by atoms with Crippen molar-refractivity contribution in [2.75, 3.05) is 45.4 Å². The molecule has 0 amide bonds. The maximum Gasteiger partial charge on any atom is 0.0782 e. The van der Waals surface area contributed by atoms with E-state index in [1.807, 2.05) is 18.2 Å². The Kier molecular flexibility index (Phi) is 7.38. The molecular formula is C14H22BrNO3. The fourth-order valence-corrected chi connectivity index (χ4v) is 2.28. The van der Waals surface area contributed by atoms with E-state index in [9.17, 15) is 5.11 Å². The van der Waals surface area contributed by atoms with Crippen molar-refractivity contribution in [1.82, 2.24) is 0 Å². The Hall–Kier alpha value is -0.620. The molecule has 1 aromatic carbocycles. The first-order chi connectivity index (χ1) is 9.10. The van der Waals surface area contributed by atoms with E-state index in [0.717, 1.165) is 28.8 Å². The van der Waals surface area contributed by atoms with Crippen LogP contribution in [-0.2, 0) is 9.47 Å². The summed E-state index contributed by atoms with van der Waals surface area (Å²) in [4.78, 5) is 2.17. The first kappa shape index (κ1) is 16.4. The van der Waals surface area contributed by atoms with Crippen molar-refractivity contribution in [2.24, 2.45) is 0 Å². The molecule has 0 aliphatic carbocycles. The van der Waals surface area contributed by atoms with Crippen LogP contribution in [0.1, 0.15) is 18.6 Å². The Morgan fingerprint density at radius 3 is 2.26 bits per heavy atom. The first-order valence-corrected chi connectivity index (χ1v) is 7.09. The average Bonchev–Trinajstić information content (AvgIpc) is 2.39. The van der Waals surface area contributed by atoms with Crippen LogP contribution >= 0.6 is 15.9 Å². The van der Waals surface area contributed by atoms with Gasteiger partial charge in [-0.05, 0) is 25.1 Å². The number of anilines is 1. The predicted octanol–water partition coefficient (Wildman–Crippen LogP) is 2.60. The lowest BCUT2D eigenvalue weighted by atomic mass is 10.1. The van der Waals surface area contributed by atoms with Gasteiger partial charge in [-0.3, -0.25) is 0 Å². The van der Waals surface area contributed by atoms with E-state index >= 15 is 0 Å². The highest BCUT2D eigenvalue weighted by Gasteiger charge is 2.14. The third kappa shape index (κ3) is 5.10. The quantitative estimate of drug-likeness (QED) is 0.795. The zero-order valence-electron chi connectivity index (χ0n) is 11.7. The van der Waals surface area contributed by atoms with Crippen LogP contribution in [0.3, 0.4) is 0 Å². The summed E-state index contributed by atoms with van der Waals surface area (Å²) in [6.07, 6.45) is -0.514. The number of hydrogen-bond acceptors (Lipinski definition) is 4. The van der Waals surface area contributed by atoms with Crippen LogP contribution in [0.4, 0.5) is 5.69 Å². The number of ether oxygens (including phenoxy) is 2. The third-order valence-corrected chi connectivity index (χ3v) is 3.40. The molecule has 4 nitrogen and oxygen atoms in total. The maximum atomic E-state index is 9.92. The van der Waals surface area contributed by atoms with Crippen LogP contribution in [0, 0.1) is 0 Å². The molecule has 5 heteroatoms. The zero-order chi connectivity index (χ0) is 14.3. The maximum absolute atomic E-state index is 9.92. The van der Waals surface area contributed by atoms with E-state index in [0.29, 0.717) is 13.2 Å². The van der Waals surface area contributed by atoms with Crippen LogP contribution in [0.5, 0.6) is 0 Å². The molecule has 0 aromatic heterocycles. The van der Waals surface area contributed by atoms with E-state index in [-0.39, 0.29) is 0 Å². The monoisotopic (exact) mass is 331 g/mol. The van der Waals surface area contributed by atoms with Crippen LogP contribution < -0.4 is 4.90 Å². The number of halogens is 1. The van der Waals surface area contributed by atoms with Gasteiger partial charge in [0.25, 0.3) is 0 Å². The molecule has 1 atom stereocenters. The number of hydrogen-bond donors (Lipinski definition) is 1. The Morgan fingerprint density at radius 1 is 1.21 bits per heavy atom. The van der Waals surface area contributed by atoms with Crippen molar-refractivity contribution in [3.8, 4) is 0 Å². The SMILES string of the molecule is COCCN(CCOC)c1ccc(Br)cc1C(C)O. The minimum Gasteiger partial charge on any atom is -0.389 e. The van der Waals surface area contributed by atoms with Crippen molar-refractivity contribution < 1.29 is 14.6 Å². The average molecular weight is 332 g/mol. The lowest BCUT2D eigenvalue weighted by Crippen LogP contribution is -2.31. The molecule has 1 unspecified atom stereocenters. The summed E-state index contributed by atoms with van der Waals surface area (Å²) in [6.45, 7) is 4.58. The summed E-state index contributed by atoms with van der Waals surface area (Å²) < 4.78 is 11.3. The van der Waals surface area contributed by atoms with Crippen LogP contribution in [0.2, 0.25) is 0 Å². The summed E-state index contributed by atoms with van der Waals surface area (Å²) in [7, 11) is 3.37. The van der Waals surface area contributed by atoms with Gasteiger partial charge in [-0.15, -0.1) is 0 Å². The molecule has 1 N–H and O–H groups in total. The Labute approximate surface area is 123 Å². The highest BCUT2D eigenvalue weighted by molar-refractivity contribution is 9.10. The first-order valence-electron chi connectivity index (χ1n) is 6.30. The summed E-state index contributed by atoms with van der Waals surface area (Å²) in [5, 5.41) is 9.92. The predicted molar refractivity (Wildman–Crippen MR) is 80.7 cm³/mol. The molecule has 19 heavy (non-hydrogen) atoms. The Bertz CT molecular complexity index is 377. The summed E-state index contributed by atoms with van der Waals surface area (Å²) in [5.74, 6) is 0. The van der Waals surface area contributed by atoms with E-state index in [1.165, 1.54) is 0 Å². The van der Waals surface area contributed by atoms with E-state index in [1.54, 1.807) is 21.1 Å². The van der Waals surface area contributed by atoms with Gasteiger partial charge in [-0.25, -0.2) is 0 Å². The van der Waals surface area contributed by atoms with E-state index in [2.05, 4.69) is 20.8 Å². The van der Waals surface area contributed by atoms with Gasteiger partial charge in [0, 0.05) is 43.0 Å². The fourth-order valence-electron chi connectivity index (χ4n) is 1.90. The summed E-state index contributed by atoms with van der Waals surface area (Å²) >= 11 is 3.44. The summed E-state index contributed by atoms with van der Waals surface area (Å²) in [6, 6.07) is 5.94. The molecular weight excluding hydrogens is 310 g/mol. The number of methoxy groups -OCH3 is 2. The van der Waals surface area contributed by atoms with Gasteiger partial charge in [0.05, 0.1) is 19.3 Å². The molecule has 1 aromatic rings. The smallest absolute Gasteiger partial charge is 0.0782 e. The van der Waals surface area contributed by atoms with Crippen molar-refractivity contribution >= 4 is 21.6 Å². The molecule has 0 saturated heterocycles. The number of aliphatic hydroxyl groups excluding tert-OH is 1. The molecule has 0 radical (unpaired) electrons. The molecule has 0 aliphatic rings. The van der Waals surface area contributed by atoms with Crippen molar-refractivity contribution in [1.29, 1.82) is 0 Å². The summed E-state index contributed by atoms with van der Waals surface area (Å²) in [5.41, 5.74) is 1.92. The molecule has 0 heterocycles. The second-order valence-corrected chi connectivity index (χ2v) is 5.27. The van der Waals surface area contributed by atoms with Gasteiger partial charge < -0.3 is 19.5 Å². The van der Waals surface area contributed by atoms with Crippen molar-refractivity contribution in [3.63, 3.8) is 0 Å². The van der Waals surface area contributed by atoms with Gasteiger partial charge in [0.15, 0.2) is 0 Å². The molecule has 0 spiro atoms. The van der Waals surface area contributed by atoms with Gasteiger partial charge in [0.2, 0.25) is 0 Å².